The van der Waals surface area contributed by atoms with Crippen molar-refractivity contribution >= 4 is 6.08 Å². The minimum Gasteiger partial charge on any atom is -0.498 e. The molecule has 0 bridgehead atoms. The van der Waals surface area contributed by atoms with Crippen molar-refractivity contribution in [3.8, 4) is 0 Å². The molecule has 3 nitrogen and oxygen atoms in total. The van der Waals surface area contributed by atoms with Gasteiger partial charge in [-0.1, -0.05) is 13.8 Å². The van der Waals surface area contributed by atoms with Gasteiger partial charge >= 0.3 is 0 Å². The summed E-state index contributed by atoms with van der Waals surface area (Å²) in [6.07, 6.45) is 4.92. The summed E-state index contributed by atoms with van der Waals surface area (Å²) in [6.45, 7) is 7.17. The Kier molecular flexibility index (Phi) is 2.10. The molecule has 0 radical (unpaired) electrons. The van der Waals surface area contributed by atoms with Crippen LogP contribution in [0.3, 0.4) is 0 Å². The molecule has 0 spiro atoms. The highest BCUT2D eigenvalue weighted by molar-refractivity contribution is 5.56. The van der Waals surface area contributed by atoms with Gasteiger partial charge in [-0.05, 0) is 6.92 Å². The number of rotatable bonds is 2. The van der Waals surface area contributed by atoms with Crippen LogP contribution in [0, 0.1) is 0 Å². The van der Waals surface area contributed by atoms with Crippen molar-refractivity contribution in [1.29, 1.82) is 0 Å². The second-order valence-electron chi connectivity index (χ2n) is 4.30. The van der Waals surface area contributed by atoms with Crippen LogP contribution in [-0.4, -0.2) is 16.8 Å². The molecule has 0 saturated heterocycles. The second kappa shape index (κ2) is 3.15. The summed E-state index contributed by atoms with van der Waals surface area (Å²) in [5.74, 6) is 1.05. The van der Waals surface area contributed by atoms with Crippen LogP contribution in [0.2, 0.25) is 0 Å². The number of aromatic nitrogens is 2. The SMILES string of the molecule is CCOC1=Cc2[nH]ncc2C(C)(C)C1. The molecule has 0 amide bonds. The molecule has 1 aliphatic carbocycles. The predicted molar refractivity (Wildman–Crippen MR) is 55.8 cm³/mol. The quantitative estimate of drug-likeness (QED) is 0.781. The number of ether oxygens (including phenoxy) is 1. The summed E-state index contributed by atoms with van der Waals surface area (Å²) in [5, 5.41) is 7.06. The van der Waals surface area contributed by atoms with Crippen LogP contribution in [0.4, 0.5) is 0 Å². The zero-order valence-corrected chi connectivity index (χ0v) is 8.92. The third-order valence-corrected chi connectivity index (χ3v) is 2.65. The molecule has 1 aromatic rings. The van der Waals surface area contributed by atoms with Crippen molar-refractivity contribution in [2.24, 2.45) is 0 Å². The number of allylic oxidation sites excluding steroid dienone is 1. The van der Waals surface area contributed by atoms with Gasteiger partial charge in [-0.2, -0.15) is 5.10 Å². The van der Waals surface area contributed by atoms with E-state index in [0.717, 1.165) is 24.5 Å². The molecule has 1 aromatic heterocycles. The largest absolute Gasteiger partial charge is 0.498 e. The first-order chi connectivity index (χ1) is 6.63. The van der Waals surface area contributed by atoms with Crippen molar-refractivity contribution in [1.82, 2.24) is 10.2 Å². The molecule has 3 heteroatoms. The Labute approximate surface area is 84.2 Å². The van der Waals surface area contributed by atoms with E-state index in [1.54, 1.807) is 0 Å². The van der Waals surface area contributed by atoms with Gasteiger partial charge in [0.15, 0.2) is 0 Å². The summed E-state index contributed by atoms with van der Waals surface area (Å²) < 4.78 is 5.56. The molecule has 1 heterocycles. The fraction of sp³-hybridized carbons (Fsp3) is 0.545. The second-order valence-corrected chi connectivity index (χ2v) is 4.30. The Morgan fingerprint density at radius 3 is 3.07 bits per heavy atom. The molecular formula is C11H16N2O. The number of nitrogens with zero attached hydrogens (tertiary/aromatic N) is 1. The highest BCUT2D eigenvalue weighted by atomic mass is 16.5. The molecule has 0 fully saturated rings. The Balaban J connectivity index is 2.38. The van der Waals surface area contributed by atoms with Crippen molar-refractivity contribution in [2.75, 3.05) is 6.61 Å². The zero-order valence-electron chi connectivity index (χ0n) is 8.92. The van der Waals surface area contributed by atoms with Gasteiger partial charge in [-0.3, -0.25) is 5.10 Å². The van der Waals surface area contributed by atoms with E-state index < -0.39 is 0 Å². The highest BCUT2D eigenvalue weighted by Gasteiger charge is 2.30. The van der Waals surface area contributed by atoms with Gasteiger partial charge in [-0.25, -0.2) is 0 Å². The van der Waals surface area contributed by atoms with Crippen molar-refractivity contribution < 1.29 is 4.74 Å². The Hall–Kier alpha value is -1.25. The number of nitrogens with one attached hydrogen (secondary N) is 1. The molecule has 76 valence electrons. The first-order valence-electron chi connectivity index (χ1n) is 5.00. The summed E-state index contributed by atoms with van der Waals surface area (Å²) in [5.41, 5.74) is 2.49. The molecule has 0 unspecified atom stereocenters. The number of hydrogen-bond donors (Lipinski definition) is 1. The van der Waals surface area contributed by atoms with Crippen LogP contribution in [0.25, 0.3) is 6.08 Å². The van der Waals surface area contributed by atoms with Crippen LogP contribution in [-0.2, 0) is 10.2 Å². The molecule has 0 atom stereocenters. The summed E-state index contributed by atoms with van der Waals surface area (Å²) in [6, 6.07) is 0. The molecule has 0 saturated carbocycles. The zero-order chi connectivity index (χ0) is 10.2. The average Bonchev–Trinajstić information content (AvgIpc) is 2.52. The summed E-state index contributed by atoms with van der Waals surface area (Å²) in [7, 11) is 0. The molecular weight excluding hydrogens is 176 g/mol. The number of hydrogen-bond acceptors (Lipinski definition) is 2. The maximum atomic E-state index is 5.56. The van der Waals surface area contributed by atoms with Crippen LogP contribution < -0.4 is 0 Å². The number of H-pyrrole nitrogens is 1. The van der Waals surface area contributed by atoms with E-state index in [2.05, 4.69) is 30.1 Å². The fourth-order valence-electron chi connectivity index (χ4n) is 1.97. The van der Waals surface area contributed by atoms with Gasteiger partial charge in [0.25, 0.3) is 0 Å². The normalized spacial score (nSPS) is 18.6. The number of aromatic amines is 1. The first kappa shape index (κ1) is 9.31. The van der Waals surface area contributed by atoms with Crippen molar-refractivity contribution in [3.05, 3.63) is 23.2 Å². The van der Waals surface area contributed by atoms with Gasteiger partial charge in [0.05, 0.1) is 24.3 Å². The summed E-state index contributed by atoms with van der Waals surface area (Å²) >= 11 is 0. The van der Waals surface area contributed by atoms with Gasteiger partial charge in [0, 0.05) is 23.5 Å². The van der Waals surface area contributed by atoms with Gasteiger partial charge in [0.1, 0.15) is 0 Å². The van der Waals surface area contributed by atoms with Crippen LogP contribution in [0.15, 0.2) is 12.0 Å². The maximum Gasteiger partial charge on any atom is 0.0989 e. The lowest BCUT2D eigenvalue weighted by Crippen LogP contribution is -2.22. The first-order valence-corrected chi connectivity index (χ1v) is 5.00. The van der Waals surface area contributed by atoms with Crippen molar-refractivity contribution in [3.63, 3.8) is 0 Å². The smallest absolute Gasteiger partial charge is 0.0989 e. The van der Waals surface area contributed by atoms with E-state index in [1.165, 1.54) is 5.56 Å². The molecule has 14 heavy (non-hydrogen) atoms. The topological polar surface area (TPSA) is 37.9 Å². The Morgan fingerprint density at radius 2 is 2.36 bits per heavy atom. The standard InChI is InChI=1S/C11H16N2O/c1-4-14-8-5-10-9(7-12-13-10)11(2,3)6-8/h5,7H,4,6H2,1-3H3,(H,12,13). The lowest BCUT2D eigenvalue weighted by atomic mass is 9.78. The van der Waals surface area contributed by atoms with Gasteiger partial charge in [-0.15, -0.1) is 0 Å². The Morgan fingerprint density at radius 1 is 1.57 bits per heavy atom. The minimum atomic E-state index is 0.127. The molecule has 0 aromatic carbocycles. The van der Waals surface area contributed by atoms with Crippen LogP contribution in [0.1, 0.15) is 38.4 Å². The maximum absolute atomic E-state index is 5.56. The van der Waals surface area contributed by atoms with Gasteiger partial charge in [0.2, 0.25) is 0 Å². The fourth-order valence-corrected chi connectivity index (χ4v) is 1.97. The minimum absolute atomic E-state index is 0.127. The van der Waals surface area contributed by atoms with E-state index in [-0.39, 0.29) is 5.41 Å². The van der Waals surface area contributed by atoms with E-state index >= 15 is 0 Å². The van der Waals surface area contributed by atoms with Gasteiger partial charge < -0.3 is 4.74 Å². The monoisotopic (exact) mass is 192 g/mol. The Bertz CT molecular complexity index is 363. The lowest BCUT2D eigenvalue weighted by molar-refractivity contribution is 0.205. The lowest BCUT2D eigenvalue weighted by Gasteiger charge is -2.29. The molecule has 2 rings (SSSR count). The average molecular weight is 192 g/mol. The van der Waals surface area contributed by atoms with Crippen LogP contribution in [0.5, 0.6) is 0 Å². The molecule has 1 aliphatic rings. The van der Waals surface area contributed by atoms with Crippen LogP contribution >= 0.6 is 0 Å². The predicted octanol–water partition coefficient (Wildman–Crippen LogP) is 2.47. The van der Waals surface area contributed by atoms with E-state index in [0.29, 0.717) is 0 Å². The third kappa shape index (κ3) is 1.43. The summed E-state index contributed by atoms with van der Waals surface area (Å²) in [4.78, 5) is 0. The van der Waals surface area contributed by atoms with E-state index in [9.17, 15) is 0 Å². The van der Waals surface area contributed by atoms with E-state index in [1.807, 2.05) is 13.1 Å². The van der Waals surface area contributed by atoms with E-state index in [4.69, 9.17) is 4.74 Å². The highest BCUT2D eigenvalue weighted by Crippen LogP contribution is 2.37. The third-order valence-electron chi connectivity index (χ3n) is 2.65. The number of fused-ring (bicyclic) bond motifs is 1. The molecule has 0 aliphatic heterocycles. The molecule has 1 N–H and O–H groups in total. The van der Waals surface area contributed by atoms with Crippen molar-refractivity contribution in [2.45, 2.75) is 32.6 Å².